The molecule has 3 heterocycles. The van der Waals surface area contributed by atoms with E-state index in [0.717, 1.165) is 0 Å². The molecule has 0 saturated carbocycles. The quantitative estimate of drug-likeness (QED) is 0.543. The first-order chi connectivity index (χ1) is 16.9. The Hall–Kier alpha value is -3.69. The van der Waals surface area contributed by atoms with Crippen LogP contribution in [-0.2, 0) is 16.1 Å². The molecule has 2 aliphatic rings. The van der Waals surface area contributed by atoms with E-state index in [1.54, 1.807) is 17.0 Å². The standard InChI is InChI=1S/C25H29FN4O5/c1-4-28(5-2)23(31)15-29-14-19-18(24(29)32)11-16(12-20(19)26)30-10-9-21(25(30)33)35-17-7-8-22(27-13-17)34-6-3/h7-8,11-13,21H,4-6,9-10,14-15H2,1-3H3/t21-/m1/s1. The van der Waals surface area contributed by atoms with Crippen LogP contribution in [0.25, 0.3) is 0 Å². The second kappa shape index (κ2) is 10.3. The van der Waals surface area contributed by atoms with Crippen LogP contribution >= 0.6 is 0 Å². The minimum atomic E-state index is -0.745. The second-order valence-electron chi connectivity index (χ2n) is 8.33. The van der Waals surface area contributed by atoms with Crippen LogP contribution in [-0.4, -0.2) is 71.4 Å². The van der Waals surface area contributed by atoms with Crippen molar-refractivity contribution < 1.29 is 28.2 Å². The van der Waals surface area contributed by atoms with Gasteiger partial charge in [-0.25, -0.2) is 9.37 Å². The summed E-state index contributed by atoms with van der Waals surface area (Å²) < 4.78 is 26.1. The zero-order chi connectivity index (χ0) is 25.1. The molecular weight excluding hydrogens is 455 g/mol. The van der Waals surface area contributed by atoms with Gasteiger partial charge in [0.1, 0.15) is 18.1 Å². The van der Waals surface area contributed by atoms with Gasteiger partial charge in [-0.15, -0.1) is 0 Å². The fourth-order valence-corrected chi connectivity index (χ4v) is 4.38. The Balaban J connectivity index is 1.46. The number of rotatable bonds is 9. The molecule has 186 valence electrons. The Morgan fingerprint density at radius 2 is 1.97 bits per heavy atom. The smallest absolute Gasteiger partial charge is 0.268 e. The number of halogens is 1. The van der Waals surface area contributed by atoms with Gasteiger partial charge >= 0.3 is 0 Å². The summed E-state index contributed by atoms with van der Waals surface area (Å²) in [4.78, 5) is 46.9. The van der Waals surface area contributed by atoms with Crippen molar-refractivity contribution in [3.63, 3.8) is 0 Å². The number of hydrogen-bond donors (Lipinski definition) is 0. The highest BCUT2D eigenvalue weighted by atomic mass is 19.1. The molecule has 1 aromatic heterocycles. The van der Waals surface area contributed by atoms with Crippen LogP contribution in [0.15, 0.2) is 30.5 Å². The number of carbonyl (C=O) groups is 3. The molecule has 0 bridgehead atoms. The van der Waals surface area contributed by atoms with Crippen LogP contribution in [0.2, 0.25) is 0 Å². The van der Waals surface area contributed by atoms with E-state index in [2.05, 4.69) is 4.98 Å². The predicted molar refractivity (Wildman–Crippen MR) is 126 cm³/mol. The van der Waals surface area contributed by atoms with Gasteiger partial charge in [0.15, 0.2) is 6.10 Å². The van der Waals surface area contributed by atoms with E-state index in [1.165, 1.54) is 28.1 Å². The molecule has 0 N–H and O–H groups in total. The summed E-state index contributed by atoms with van der Waals surface area (Å²) in [6.07, 6.45) is 1.15. The molecule has 1 aromatic carbocycles. The number of anilines is 1. The molecule has 0 unspecified atom stereocenters. The fraction of sp³-hybridized carbons (Fsp3) is 0.440. The lowest BCUT2D eigenvalue weighted by Gasteiger charge is -2.22. The predicted octanol–water partition coefficient (Wildman–Crippen LogP) is 2.63. The van der Waals surface area contributed by atoms with Gasteiger partial charge in [-0.3, -0.25) is 14.4 Å². The molecule has 2 aliphatic heterocycles. The maximum Gasteiger partial charge on any atom is 0.268 e. The van der Waals surface area contributed by atoms with E-state index in [0.29, 0.717) is 50.0 Å². The molecule has 1 atom stereocenters. The summed E-state index contributed by atoms with van der Waals surface area (Å²) in [6.45, 7) is 7.39. The topological polar surface area (TPSA) is 92.3 Å². The summed E-state index contributed by atoms with van der Waals surface area (Å²) in [5.74, 6) is -0.604. The van der Waals surface area contributed by atoms with E-state index in [4.69, 9.17) is 9.47 Å². The first-order valence-corrected chi connectivity index (χ1v) is 11.8. The monoisotopic (exact) mass is 484 g/mol. The Bertz CT molecular complexity index is 1120. The number of benzene rings is 1. The lowest BCUT2D eigenvalue weighted by molar-refractivity contribution is -0.131. The van der Waals surface area contributed by atoms with Crippen LogP contribution in [0.3, 0.4) is 0 Å². The molecule has 4 rings (SSSR count). The Labute approximate surface area is 203 Å². The van der Waals surface area contributed by atoms with Crippen molar-refractivity contribution in [2.45, 2.75) is 39.8 Å². The van der Waals surface area contributed by atoms with Crippen molar-refractivity contribution in [1.82, 2.24) is 14.8 Å². The zero-order valence-electron chi connectivity index (χ0n) is 20.1. The zero-order valence-corrected chi connectivity index (χ0v) is 20.1. The van der Waals surface area contributed by atoms with Crippen molar-refractivity contribution in [2.75, 3.05) is 37.7 Å². The minimum absolute atomic E-state index is 0.0255. The number of carbonyl (C=O) groups excluding carboxylic acids is 3. The average molecular weight is 485 g/mol. The normalized spacial score (nSPS) is 17.1. The van der Waals surface area contributed by atoms with Gasteiger partial charge < -0.3 is 24.2 Å². The SMILES string of the molecule is CCOc1ccc(O[C@@H]2CCN(c3cc(F)c4c(c3)C(=O)N(CC(=O)N(CC)CC)C4)C2=O)cn1. The van der Waals surface area contributed by atoms with Gasteiger partial charge in [0.05, 0.1) is 19.3 Å². The number of pyridine rings is 1. The number of hydrogen-bond acceptors (Lipinski definition) is 6. The van der Waals surface area contributed by atoms with Gasteiger partial charge in [-0.1, -0.05) is 0 Å². The number of likely N-dealkylation sites (N-methyl/N-ethyl adjacent to an activating group) is 1. The van der Waals surface area contributed by atoms with Crippen LogP contribution < -0.4 is 14.4 Å². The molecule has 1 saturated heterocycles. The van der Waals surface area contributed by atoms with Gasteiger partial charge in [-0.2, -0.15) is 0 Å². The maximum absolute atomic E-state index is 15.0. The van der Waals surface area contributed by atoms with Gasteiger partial charge in [0.25, 0.3) is 11.8 Å². The fourth-order valence-electron chi connectivity index (χ4n) is 4.38. The maximum atomic E-state index is 15.0. The second-order valence-corrected chi connectivity index (χ2v) is 8.33. The summed E-state index contributed by atoms with van der Waals surface area (Å²) in [7, 11) is 0. The number of nitrogens with zero attached hydrogens (tertiary/aromatic N) is 4. The van der Waals surface area contributed by atoms with E-state index in [9.17, 15) is 18.8 Å². The largest absolute Gasteiger partial charge is 0.479 e. The number of fused-ring (bicyclic) bond motifs is 1. The molecule has 9 nitrogen and oxygen atoms in total. The van der Waals surface area contributed by atoms with E-state index >= 15 is 0 Å². The molecule has 0 spiro atoms. The molecule has 3 amide bonds. The van der Waals surface area contributed by atoms with Crippen molar-refractivity contribution in [1.29, 1.82) is 0 Å². The molecule has 1 fully saturated rings. The highest BCUT2D eigenvalue weighted by Gasteiger charge is 2.37. The van der Waals surface area contributed by atoms with Gasteiger partial charge in [-0.05, 0) is 39.0 Å². The summed E-state index contributed by atoms with van der Waals surface area (Å²) >= 11 is 0. The molecule has 0 aliphatic carbocycles. The molecule has 35 heavy (non-hydrogen) atoms. The Kier molecular flexibility index (Phi) is 7.18. The van der Waals surface area contributed by atoms with Crippen molar-refractivity contribution in [3.8, 4) is 11.6 Å². The first-order valence-electron chi connectivity index (χ1n) is 11.8. The van der Waals surface area contributed by atoms with Crippen molar-refractivity contribution >= 4 is 23.4 Å². The molecule has 0 radical (unpaired) electrons. The summed E-state index contributed by atoms with van der Waals surface area (Å²) in [5.41, 5.74) is 0.721. The third kappa shape index (κ3) is 4.91. The Morgan fingerprint density at radius 1 is 1.20 bits per heavy atom. The van der Waals surface area contributed by atoms with Crippen molar-refractivity contribution in [2.24, 2.45) is 0 Å². The van der Waals surface area contributed by atoms with Gasteiger partial charge in [0.2, 0.25) is 11.8 Å². The highest BCUT2D eigenvalue weighted by molar-refractivity contribution is 6.04. The van der Waals surface area contributed by atoms with Crippen LogP contribution in [0.4, 0.5) is 10.1 Å². The highest BCUT2D eigenvalue weighted by Crippen LogP contribution is 2.32. The third-order valence-electron chi connectivity index (χ3n) is 6.24. The third-order valence-corrected chi connectivity index (χ3v) is 6.24. The lowest BCUT2D eigenvalue weighted by atomic mass is 10.1. The minimum Gasteiger partial charge on any atom is -0.479 e. The van der Waals surface area contributed by atoms with Gasteiger partial charge in [0, 0.05) is 48.9 Å². The van der Waals surface area contributed by atoms with E-state index in [-0.39, 0.29) is 36.0 Å². The molecule has 2 aromatic rings. The first kappa shape index (κ1) is 24.4. The Morgan fingerprint density at radius 3 is 2.63 bits per heavy atom. The number of amides is 3. The van der Waals surface area contributed by atoms with E-state index < -0.39 is 17.8 Å². The molecular formula is C25H29FN4O5. The van der Waals surface area contributed by atoms with Crippen LogP contribution in [0, 0.1) is 5.82 Å². The average Bonchev–Trinajstić information content (AvgIpc) is 3.36. The van der Waals surface area contributed by atoms with Crippen LogP contribution in [0.1, 0.15) is 43.1 Å². The lowest BCUT2D eigenvalue weighted by Crippen LogP contribution is -2.40. The number of ether oxygens (including phenoxy) is 2. The van der Waals surface area contributed by atoms with Crippen LogP contribution in [0.5, 0.6) is 11.6 Å². The van der Waals surface area contributed by atoms with Crippen molar-refractivity contribution in [3.05, 3.63) is 47.4 Å². The summed E-state index contributed by atoms with van der Waals surface area (Å²) in [6, 6.07) is 6.13. The number of aromatic nitrogens is 1. The van der Waals surface area contributed by atoms with E-state index in [1.807, 2.05) is 20.8 Å². The molecule has 10 heteroatoms. The summed E-state index contributed by atoms with van der Waals surface area (Å²) in [5, 5.41) is 0.